The van der Waals surface area contributed by atoms with E-state index >= 15 is 0 Å². The average molecular weight is 378 g/mol. The topological polar surface area (TPSA) is 104 Å². The molecule has 0 atom stereocenters. The third-order valence-electron chi connectivity index (χ3n) is 3.59. The summed E-state index contributed by atoms with van der Waals surface area (Å²) in [5.41, 5.74) is 1.76. The zero-order chi connectivity index (χ0) is 19.2. The van der Waals surface area contributed by atoms with Gasteiger partial charge in [-0.3, -0.25) is 19.9 Å². The highest BCUT2D eigenvalue weighted by molar-refractivity contribution is 7.71. The first kappa shape index (κ1) is 18.2. The number of nitrogens with one attached hydrogen (secondary N) is 2. The van der Waals surface area contributed by atoms with Gasteiger partial charge in [-0.25, -0.2) is 4.99 Å². The molecule has 3 rings (SSSR count). The summed E-state index contributed by atoms with van der Waals surface area (Å²) < 4.78 is 0.163. The van der Waals surface area contributed by atoms with Crippen LogP contribution < -0.4 is 5.56 Å². The van der Waals surface area contributed by atoms with Gasteiger partial charge in [-0.05, 0) is 36.0 Å². The quantitative estimate of drug-likeness (QED) is 0.301. The molecule has 27 heavy (non-hydrogen) atoms. The summed E-state index contributed by atoms with van der Waals surface area (Å²) in [6.07, 6.45) is 3.64. The number of benzene rings is 2. The second kappa shape index (κ2) is 8.15. The van der Waals surface area contributed by atoms with Gasteiger partial charge in [0.1, 0.15) is 5.82 Å². The van der Waals surface area contributed by atoms with Gasteiger partial charge in [-0.15, -0.1) is 0 Å². The first-order valence-electron chi connectivity index (χ1n) is 7.91. The van der Waals surface area contributed by atoms with Crippen molar-refractivity contribution in [3.63, 3.8) is 0 Å². The molecule has 8 heteroatoms. The van der Waals surface area contributed by atoms with E-state index in [0.717, 1.165) is 5.56 Å². The van der Waals surface area contributed by atoms with E-state index in [4.69, 9.17) is 12.2 Å². The van der Waals surface area contributed by atoms with Gasteiger partial charge >= 0.3 is 0 Å². The zero-order valence-corrected chi connectivity index (χ0v) is 14.8. The first-order valence-corrected chi connectivity index (χ1v) is 8.32. The Morgan fingerprint density at radius 1 is 1.07 bits per heavy atom. The zero-order valence-electron chi connectivity index (χ0n) is 14.0. The molecule has 0 aliphatic carbocycles. The lowest BCUT2D eigenvalue weighted by atomic mass is 10.1. The molecule has 1 aromatic heterocycles. The van der Waals surface area contributed by atoms with E-state index < -0.39 is 4.92 Å². The molecule has 0 saturated heterocycles. The van der Waals surface area contributed by atoms with E-state index in [-0.39, 0.29) is 21.8 Å². The molecule has 0 spiro atoms. The number of aromatic nitrogens is 2. The molecule has 2 N–H and O–H groups in total. The second-order valence-corrected chi connectivity index (χ2v) is 5.93. The van der Waals surface area contributed by atoms with Crippen LogP contribution in [0.1, 0.15) is 11.1 Å². The summed E-state index contributed by atoms with van der Waals surface area (Å²) >= 11 is 4.97. The van der Waals surface area contributed by atoms with Crippen LogP contribution in [0.2, 0.25) is 0 Å². The third kappa shape index (κ3) is 4.93. The fourth-order valence-corrected chi connectivity index (χ4v) is 2.54. The van der Waals surface area contributed by atoms with Crippen molar-refractivity contribution in [1.82, 2.24) is 9.97 Å². The smallest absolute Gasteiger partial charge is 0.269 e. The van der Waals surface area contributed by atoms with E-state index in [2.05, 4.69) is 15.0 Å². The van der Waals surface area contributed by atoms with Crippen LogP contribution in [0, 0.1) is 14.9 Å². The molecule has 2 aromatic carbocycles. The SMILES string of the molecule is O=c1cc(/N=C(\C=C\c2ccccc2)c2ccc([N+](=O)[O-])cc2)[nH]c(=S)[nH]1. The number of allylic oxidation sites excluding steroid dienone is 1. The van der Waals surface area contributed by atoms with E-state index in [9.17, 15) is 14.9 Å². The lowest BCUT2D eigenvalue weighted by molar-refractivity contribution is -0.384. The van der Waals surface area contributed by atoms with E-state index in [1.165, 1.54) is 18.2 Å². The molecule has 0 aliphatic heterocycles. The molecule has 1 heterocycles. The Hall–Kier alpha value is -3.65. The number of nitro groups is 1. The lowest BCUT2D eigenvalue weighted by Gasteiger charge is -2.03. The molecule has 0 unspecified atom stereocenters. The Balaban J connectivity index is 2.06. The highest BCUT2D eigenvalue weighted by Gasteiger charge is 2.07. The number of non-ortho nitro benzene ring substituents is 1. The van der Waals surface area contributed by atoms with E-state index in [0.29, 0.717) is 11.3 Å². The van der Waals surface area contributed by atoms with E-state index in [1.807, 2.05) is 36.4 Å². The van der Waals surface area contributed by atoms with Gasteiger partial charge in [-0.2, -0.15) is 0 Å². The maximum Gasteiger partial charge on any atom is 0.269 e. The Morgan fingerprint density at radius 2 is 1.78 bits per heavy atom. The van der Waals surface area contributed by atoms with Crippen LogP contribution in [0.3, 0.4) is 0 Å². The highest BCUT2D eigenvalue weighted by atomic mass is 32.1. The number of hydrogen-bond donors (Lipinski definition) is 2. The van der Waals surface area contributed by atoms with Crippen molar-refractivity contribution in [2.45, 2.75) is 0 Å². The predicted molar refractivity (Wildman–Crippen MR) is 107 cm³/mol. The number of nitro benzene ring substituents is 1. The normalized spacial score (nSPS) is 11.6. The third-order valence-corrected chi connectivity index (χ3v) is 3.80. The first-order chi connectivity index (χ1) is 13.0. The number of aromatic amines is 2. The summed E-state index contributed by atoms with van der Waals surface area (Å²) in [5, 5.41) is 10.9. The Kier molecular flexibility index (Phi) is 5.48. The Labute approximate surface area is 158 Å². The molecule has 0 radical (unpaired) electrons. The van der Waals surface area contributed by atoms with Gasteiger partial charge in [0.05, 0.1) is 10.6 Å². The molecule has 7 nitrogen and oxygen atoms in total. The molecule has 134 valence electrons. The van der Waals surface area contributed by atoms with Crippen LogP contribution in [0.25, 0.3) is 6.08 Å². The number of nitrogens with zero attached hydrogens (tertiary/aromatic N) is 2. The molecule has 3 aromatic rings. The minimum atomic E-state index is -0.464. The number of hydrogen-bond acceptors (Lipinski definition) is 5. The molecule has 0 aliphatic rings. The Bertz CT molecular complexity index is 1100. The summed E-state index contributed by atoms with van der Waals surface area (Å²) in [4.78, 5) is 31.7. The molecule has 0 saturated carbocycles. The Morgan fingerprint density at radius 3 is 2.41 bits per heavy atom. The summed E-state index contributed by atoms with van der Waals surface area (Å²) in [5.74, 6) is 0.287. The number of rotatable bonds is 5. The van der Waals surface area contributed by atoms with Crippen molar-refractivity contribution < 1.29 is 4.92 Å². The van der Waals surface area contributed by atoms with E-state index in [1.54, 1.807) is 18.2 Å². The summed E-state index contributed by atoms with van der Waals surface area (Å²) in [6.45, 7) is 0. The maximum absolute atomic E-state index is 11.6. The van der Waals surface area contributed by atoms with Crippen LogP contribution >= 0.6 is 12.2 Å². The van der Waals surface area contributed by atoms with Crippen LogP contribution in [0.5, 0.6) is 0 Å². The maximum atomic E-state index is 11.6. The fraction of sp³-hybridized carbons (Fsp3) is 0. The van der Waals surface area contributed by atoms with Crippen LogP contribution in [-0.2, 0) is 0 Å². The predicted octanol–water partition coefficient (Wildman–Crippen LogP) is 4.17. The molecule has 0 bridgehead atoms. The van der Waals surface area contributed by atoms with Crippen molar-refractivity contribution in [3.8, 4) is 0 Å². The van der Waals surface area contributed by atoms with Gasteiger partial charge in [0.25, 0.3) is 11.2 Å². The minimum Gasteiger partial charge on any atom is -0.317 e. The highest BCUT2D eigenvalue weighted by Crippen LogP contribution is 2.16. The number of aliphatic imine (C=N–C) groups is 1. The number of H-pyrrole nitrogens is 2. The van der Waals surface area contributed by atoms with Crippen molar-refractivity contribution in [2.75, 3.05) is 0 Å². The molecule has 0 amide bonds. The van der Waals surface area contributed by atoms with Gasteiger partial charge in [0.2, 0.25) is 0 Å². The van der Waals surface area contributed by atoms with Gasteiger partial charge in [-0.1, -0.05) is 36.4 Å². The van der Waals surface area contributed by atoms with Gasteiger partial charge in [0.15, 0.2) is 4.77 Å². The van der Waals surface area contributed by atoms with Gasteiger partial charge in [0, 0.05) is 23.8 Å². The van der Waals surface area contributed by atoms with Crippen molar-refractivity contribution in [3.05, 3.63) is 103 Å². The van der Waals surface area contributed by atoms with Crippen molar-refractivity contribution in [2.24, 2.45) is 4.99 Å². The summed E-state index contributed by atoms with van der Waals surface area (Å²) in [7, 11) is 0. The molecule has 0 fully saturated rings. The van der Waals surface area contributed by atoms with Crippen molar-refractivity contribution in [1.29, 1.82) is 0 Å². The van der Waals surface area contributed by atoms with Crippen LogP contribution in [0.15, 0.2) is 76.5 Å². The van der Waals surface area contributed by atoms with Crippen LogP contribution in [-0.4, -0.2) is 20.6 Å². The lowest BCUT2D eigenvalue weighted by Crippen LogP contribution is -2.05. The largest absolute Gasteiger partial charge is 0.317 e. The summed E-state index contributed by atoms with van der Waals surface area (Å²) in [6, 6.07) is 16.9. The molecular weight excluding hydrogens is 364 g/mol. The minimum absolute atomic E-state index is 0.0132. The fourth-order valence-electron chi connectivity index (χ4n) is 2.34. The monoisotopic (exact) mass is 378 g/mol. The second-order valence-electron chi connectivity index (χ2n) is 5.52. The van der Waals surface area contributed by atoms with Crippen LogP contribution in [0.4, 0.5) is 11.5 Å². The average Bonchev–Trinajstić information content (AvgIpc) is 2.65. The van der Waals surface area contributed by atoms with Crippen molar-refractivity contribution >= 4 is 35.5 Å². The standard InChI is InChI=1S/C19H14N4O3S/c24-18-12-17(21-19(27)22-18)20-16(11-6-13-4-2-1-3-5-13)14-7-9-15(10-8-14)23(25)26/h1-12H,(H2,21,22,24,27)/b11-6+,20-16+. The molecular formula is C19H14N4O3S. The van der Waals surface area contributed by atoms with Gasteiger partial charge < -0.3 is 4.98 Å².